The monoisotopic (exact) mass is 378 g/mol. The maximum atomic E-state index is 13.9. The van der Waals surface area contributed by atoms with E-state index in [1.54, 1.807) is 23.0 Å². The molecule has 1 aliphatic heterocycles. The summed E-state index contributed by atoms with van der Waals surface area (Å²) in [7, 11) is 0. The van der Waals surface area contributed by atoms with Gasteiger partial charge in [-0.25, -0.2) is 9.07 Å². The Morgan fingerprint density at radius 3 is 2.89 bits per heavy atom. The molecule has 0 saturated carbocycles. The van der Waals surface area contributed by atoms with E-state index in [0.29, 0.717) is 18.7 Å². The summed E-state index contributed by atoms with van der Waals surface area (Å²) >= 11 is 0. The number of carbonyl (C=O) groups excluding carboxylic acids is 1. The molecule has 1 aromatic heterocycles. The Morgan fingerprint density at radius 1 is 1.18 bits per heavy atom. The Bertz CT molecular complexity index is 941. The van der Waals surface area contributed by atoms with Crippen LogP contribution in [0.1, 0.15) is 18.4 Å². The number of hydrogen-bond acceptors (Lipinski definition) is 3. The van der Waals surface area contributed by atoms with Crippen molar-refractivity contribution in [1.29, 1.82) is 0 Å². The van der Waals surface area contributed by atoms with E-state index in [-0.39, 0.29) is 17.6 Å². The summed E-state index contributed by atoms with van der Waals surface area (Å²) in [4.78, 5) is 15.0. The van der Waals surface area contributed by atoms with Gasteiger partial charge >= 0.3 is 0 Å². The van der Waals surface area contributed by atoms with Gasteiger partial charge in [0.15, 0.2) is 0 Å². The summed E-state index contributed by atoms with van der Waals surface area (Å²) < 4.78 is 15.7. The van der Waals surface area contributed by atoms with Crippen LogP contribution in [0.5, 0.6) is 0 Å². The standard InChI is InChI=1S/C22H23FN4O/c23-21-10-2-1-6-17(21)15-26-12-4-7-18(16-26)22(28)25-19-8-3-9-20(14-19)27-13-5-11-24-27/h1-3,5-6,8-11,13-14,18H,4,7,12,15-16H2,(H,25,28)/t18-/m0/s1. The van der Waals surface area contributed by atoms with Crippen molar-refractivity contribution in [3.05, 3.63) is 78.4 Å². The van der Waals surface area contributed by atoms with Crippen LogP contribution in [0.3, 0.4) is 0 Å². The van der Waals surface area contributed by atoms with Gasteiger partial charge in [0.2, 0.25) is 5.91 Å². The number of piperidine rings is 1. The highest BCUT2D eigenvalue weighted by Gasteiger charge is 2.26. The molecule has 1 atom stereocenters. The van der Waals surface area contributed by atoms with Crippen molar-refractivity contribution in [1.82, 2.24) is 14.7 Å². The lowest BCUT2D eigenvalue weighted by Crippen LogP contribution is -2.40. The zero-order chi connectivity index (χ0) is 19.3. The first-order chi connectivity index (χ1) is 13.7. The summed E-state index contributed by atoms with van der Waals surface area (Å²) in [5, 5.41) is 7.25. The number of halogens is 1. The number of benzene rings is 2. The molecule has 28 heavy (non-hydrogen) atoms. The number of amides is 1. The fourth-order valence-corrected chi connectivity index (χ4v) is 3.67. The van der Waals surface area contributed by atoms with Crippen LogP contribution in [0.2, 0.25) is 0 Å². The van der Waals surface area contributed by atoms with Gasteiger partial charge in [0.1, 0.15) is 5.82 Å². The summed E-state index contributed by atoms with van der Waals surface area (Å²) in [6, 6.07) is 16.3. The van der Waals surface area contributed by atoms with E-state index >= 15 is 0 Å². The highest BCUT2D eigenvalue weighted by Crippen LogP contribution is 2.22. The Kier molecular flexibility index (Phi) is 5.48. The molecule has 2 aromatic carbocycles. The van der Waals surface area contributed by atoms with Gasteiger partial charge < -0.3 is 5.32 Å². The molecule has 4 rings (SSSR count). The molecule has 2 heterocycles. The van der Waals surface area contributed by atoms with Crippen LogP contribution in [0, 0.1) is 11.7 Å². The van der Waals surface area contributed by atoms with Crippen LogP contribution in [0.4, 0.5) is 10.1 Å². The molecular formula is C22H23FN4O. The molecule has 144 valence electrons. The fraction of sp³-hybridized carbons (Fsp3) is 0.273. The molecule has 0 spiro atoms. The number of hydrogen-bond donors (Lipinski definition) is 1. The molecule has 1 amide bonds. The fourth-order valence-electron chi connectivity index (χ4n) is 3.67. The van der Waals surface area contributed by atoms with Gasteiger partial charge in [0, 0.05) is 36.7 Å². The Morgan fingerprint density at radius 2 is 2.07 bits per heavy atom. The predicted octanol–water partition coefficient (Wildman–Crippen LogP) is 3.86. The van der Waals surface area contributed by atoms with Crippen molar-refractivity contribution in [3.63, 3.8) is 0 Å². The molecule has 0 unspecified atom stereocenters. The van der Waals surface area contributed by atoms with Crippen LogP contribution in [0.15, 0.2) is 67.0 Å². The highest BCUT2D eigenvalue weighted by molar-refractivity contribution is 5.93. The second-order valence-corrected chi connectivity index (χ2v) is 7.16. The minimum absolute atomic E-state index is 0.0100. The molecule has 0 bridgehead atoms. The first-order valence-electron chi connectivity index (χ1n) is 9.56. The third-order valence-electron chi connectivity index (χ3n) is 5.11. The van der Waals surface area contributed by atoms with Gasteiger partial charge in [-0.15, -0.1) is 0 Å². The lowest BCUT2D eigenvalue weighted by Gasteiger charge is -2.32. The van der Waals surface area contributed by atoms with Crippen molar-refractivity contribution in [3.8, 4) is 5.69 Å². The minimum Gasteiger partial charge on any atom is -0.326 e. The number of aromatic nitrogens is 2. The third-order valence-corrected chi connectivity index (χ3v) is 5.11. The second kappa shape index (κ2) is 8.35. The smallest absolute Gasteiger partial charge is 0.228 e. The lowest BCUT2D eigenvalue weighted by molar-refractivity contribution is -0.121. The molecule has 1 saturated heterocycles. The number of nitrogens with one attached hydrogen (secondary N) is 1. The normalized spacial score (nSPS) is 17.4. The largest absolute Gasteiger partial charge is 0.326 e. The summed E-state index contributed by atoms with van der Waals surface area (Å²) in [6.45, 7) is 2.05. The summed E-state index contributed by atoms with van der Waals surface area (Å²) in [6.07, 6.45) is 5.36. The Hall–Kier alpha value is -2.99. The van der Waals surface area contributed by atoms with Crippen LogP contribution < -0.4 is 5.32 Å². The Labute approximate surface area is 163 Å². The average molecular weight is 378 g/mol. The predicted molar refractivity (Wildman–Crippen MR) is 107 cm³/mol. The highest BCUT2D eigenvalue weighted by atomic mass is 19.1. The first-order valence-corrected chi connectivity index (χ1v) is 9.56. The van der Waals surface area contributed by atoms with Crippen LogP contribution in [-0.2, 0) is 11.3 Å². The summed E-state index contributed by atoms with van der Waals surface area (Å²) in [5.41, 5.74) is 2.33. The number of rotatable bonds is 5. The van der Waals surface area contributed by atoms with Crippen LogP contribution >= 0.6 is 0 Å². The van der Waals surface area contributed by atoms with Crippen molar-refractivity contribution >= 4 is 11.6 Å². The van der Waals surface area contributed by atoms with Gasteiger partial charge in [-0.1, -0.05) is 24.3 Å². The van der Waals surface area contributed by atoms with Crippen LogP contribution in [0.25, 0.3) is 5.69 Å². The lowest BCUT2D eigenvalue weighted by atomic mass is 9.96. The molecule has 0 aliphatic carbocycles. The van der Waals surface area contributed by atoms with Gasteiger partial charge in [0.05, 0.1) is 11.6 Å². The molecule has 5 nitrogen and oxygen atoms in total. The van der Waals surface area contributed by atoms with E-state index in [1.807, 2.05) is 42.6 Å². The molecule has 6 heteroatoms. The van der Waals surface area contributed by atoms with Gasteiger partial charge in [0.25, 0.3) is 0 Å². The quantitative estimate of drug-likeness (QED) is 0.733. The molecule has 1 fully saturated rings. The average Bonchev–Trinajstić information content (AvgIpc) is 3.25. The van der Waals surface area contributed by atoms with E-state index in [0.717, 1.165) is 30.8 Å². The van der Waals surface area contributed by atoms with E-state index in [4.69, 9.17) is 0 Å². The van der Waals surface area contributed by atoms with Gasteiger partial charge in [-0.3, -0.25) is 9.69 Å². The maximum absolute atomic E-state index is 13.9. The maximum Gasteiger partial charge on any atom is 0.228 e. The van der Waals surface area contributed by atoms with Gasteiger partial charge in [-0.05, 0) is 49.7 Å². The summed E-state index contributed by atoms with van der Waals surface area (Å²) in [5.74, 6) is -0.283. The number of likely N-dealkylation sites (tertiary alicyclic amines) is 1. The topological polar surface area (TPSA) is 50.2 Å². The number of carbonyl (C=O) groups is 1. The minimum atomic E-state index is -0.190. The molecule has 0 radical (unpaired) electrons. The van der Waals surface area contributed by atoms with Gasteiger partial charge in [-0.2, -0.15) is 5.10 Å². The van der Waals surface area contributed by atoms with Crippen molar-refractivity contribution in [2.75, 3.05) is 18.4 Å². The molecule has 1 aliphatic rings. The van der Waals surface area contributed by atoms with E-state index in [2.05, 4.69) is 15.3 Å². The molecular weight excluding hydrogens is 355 g/mol. The second-order valence-electron chi connectivity index (χ2n) is 7.16. The zero-order valence-electron chi connectivity index (χ0n) is 15.6. The number of nitrogens with zero attached hydrogens (tertiary/aromatic N) is 3. The first kappa shape index (κ1) is 18.4. The zero-order valence-corrected chi connectivity index (χ0v) is 15.6. The van der Waals surface area contributed by atoms with E-state index in [9.17, 15) is 9.18 Å². The Balaban J connectivity index is 1.39. The van der Waals surface area contributed by atoms with Crippen molar-refractivity contribution in [2.24, 2.45) is 5.92 Å². The van der Waals surface area contributed by atoms with Crippen molar-refractivity contribution in [2.45, 2.75) is 19.4 Å². The number of anilines is 1. The van der Waals surface area contributed by atoms with E-state index < -0.39 is 0 Å². The third kappa shape index (κ3) is 4.28. The van der Waals surface area contributed by atoms with Crippen molar-refractivity contribution < 1.29 is 9.18 Å². The molecule has 3 aromatic rings. The van der Waals surface area contributed by atoms with E-state index in [1.165, 1.54) is 6.07 Å². The van der Waals surface area contributed by atoms with Crippen LogP contribution in [-0.4, -0.2) is 33.7 Å². The SMILES string of the molecule is O=C(Nc1cccc(-n2cccn2)c1)[C@H]1CCCN(Cc2ccccc2F)C1. The molecule has 1 N–H and O–H groups in total.